The van der Waals surface area contributed by atoms with E-state index in [1.165, 1.54) is 0 Å². The van der Waals surface area contributed by atoms with Crippen LogP contribution >= 0.6 is 43.5 Å². The van der Waals surface area contributed by atoms with Gasteiger partial charge in [-0.15, -0.1) is 0 Å². The fraction of sp³-hybridized carbons (Fsp3) is 0.396. The monoisotopic (exact) mass is 1100 g/mol. The molecule has 16 heteroatoms. The number of nitrogens with two attached hydrogens (primary N) is 2. The molecule has 5 aromatic carbocycles. The molecule has 0 aliphatic carbocycles. The Morgan fingerprint density at radius 2 is 0.913 bits per heavy atom. The van der Waals surface area contributed by atoms with Crippen molar-refractivity contribution in [3.8, 4) is 28.7 Å². The summed E-state index contributed by atoms with van der Waals surface area (Å²) < 4.78 is 38.0. The fourth-order valence-corrected chi connectivity index (χ4v) is 7.25. The first kappa shape index (κ1) is 61.5. The highest BCUT2D eigenvalue weighted by Gasteiger charge is 2.19. The second-order valence-electron chi connectivity index (χ2n) is 16.7. The van der Waals surface area contributed by atoms with Crippen LogP contribution in [0.25, 0.3) is 0 Å². The molecule has 0 saturated heterocycles. The highest BCUT2D eigenvalue weighted by atomic mass is 79.9. The average Bonchev–Trinajstić information content (AvgIpc) is 3.30. The van der Waals surface area contributed by atoms with Crippen molar-refractivity contribution in [3.05, 3.63) is 121 Å². The average molecular weight is 1110 g/mol. The maximum absolute atomic E-state index is 11.8. The van der Waals surface area contributed by atoms with Crippen molar-refractivity contribution in [2.75, 3.05) is 57.6 Å². The number of methoxy groups -OCH3 is 5. The lowest BCUT2D eigenvalue weighted by molar-refractivity contribution is 0.0624. The molecule has 69 heavy (non-hydrogen) atoms. The van der Waals surface area contributed by atoms with Gasteiger partial charge in [-0.25, -0.2) is 9.59 Å². The van der Waals surface area contributed by atoms with E-state index in [1.54, 1.807) is 47.7 Å². The van der Waals surface area contributed by atoms with E-state index < -0.39 is 23.4 Å². The summed E-state index contributed by atoms with van der Waals surface area (Å²) in [7, 11) is 8.00. The number of halogens is 3. The number of nitrogens with one attached hydrogen (secondary N) is 2. The third-order valence-corrected chi connectivity index (χ3v) is 10.7. The third kappa shape index (κ3) is 22.2. The molecule has 0 atom stereocenters. The Labute approximate surface area is 432 Å². The van der Waals surface area contributed by atoms with Crippen molar-refractivity contribution >= 4 is 78.4 Å². The maximum Gasteiger partial charge on any atom is 0.412 e. The topological polar surface area (TPSA) is 175 Å². The molecular weight excluding hydrogens is 1030 g/mol. The summed E-state index contributed by atoms with van der Waals surface area (Å²) in [6, 6.07) is 26.4. The van der Waals surface area contributed by atoms with Crippen molar-refractivity contribution in [2.45, 2.75) is 106 Å². The molecule has 0 aromatic heterocycles. The first-order valence-electron chi connectivity index (χ1n) is 22.3. The fourth-order valence-electron chi connectivity index (χ4n) is 5.96. The number of rotatable bonds is 11. The normalized spacial score (nSPS) is 10.3. The van der Waals surface area contributed by atoms with Gasteiger partial charge in [-0.3, -0.25) is 10.6 Å². The van der Waals surface area contributed by atoms with Gasteiger partial charge in [-0.2, -0.15) is 0 Å². The lowest BCUT2D eigenvalue weighted by Crippen LogP contribution is -2.27. The van der Waals surface area contributed by atoms with Gasteiger partial charge in [0, 0.05) is 8.95 Å². The second-order valence-corrected chi connectivity index (χ2v) is 18.9. The summed E-state index contributed by atoms with van der Waals surface area (Å²) in [6.07, 6.45) is 2.63. The van der Waals surface area contributed by atoms with Gasteiger partial charge in [0.15, 0.2) is 0 Å². The van der Waals surface area contributed by atoms with Crippen LogP contribution in [0, 0.1) is 0 Å². The molecule has 0 bridgehead atoms. The summed E-state index contributed by atoms with van der Waals surface area (Å²) in [4.78, 5) is 23.3. The smallest absolute Gasteiger partial charge is 0.412 e. The molecular formula is C53H73Br2ClN4O9. The zero-order valence-corrected chi connectivity index (χ0v) is 46.8. The molecule has 13 nitrogen and oxygen atoms in total. The quantitative estimate of drug-likeness (QED) is 0.0927. The molecule has 0 spiro atoms. The summed E-state index contributed by atoms with van der Waals surface area (Å²) in [5, 5.41) is 6.09. The van der Waals surface area contributed by atoms with Crippen molar-refractivity contribution in [1.82, 2.24) is 0 Å². The number of amides is 2. The molecule has 5 aromatic rings. The molecule has 380 valence electrons. The highest BCUT2D eigenvalue weighted by Crippen LogP contribution is 2.33. The first-order valence-corrected chi connectivity index (χ1v) is 24.3. The predicted octanol–water partition coefficient (Wildman–Crippen LogP) is 14.8. The van der Waals surface area contributed by atoms with Gasteiger partial charge in [0.2, 0.25) is 0 Å². The summed E-state index contributed by atoms with van der Waals surface area (Å²) in [5.41, 5.74) is 17.7. The molecule has 0 radical (unpaired) electrons. The van der Waals surface area contributed by atoms with E-state index in [0.717, 1.165) is 85.5 Å². The lowest BCUT2D eigenvalue weighted by atomic mass is 10.1. The predicted molar refractivity (Wildman–Crippen MR) is 291 cm³/mol. The molecule has 0 saturated carbocycles. The van der Waals surface area contributed by atoms with Crippen LogP contribution in [0.15, 0.2) is 93.9 Å². The Hall–Kier alpha value is -5.51. The number of ether oxygens (including phenoxy) is 7. The van der Waals surface area contributed by atoms with E-state index in [4.69, 9.17) is 56.2 Å². The van der Waals surface area contributed by atoms with E-state index in [1.807, 2.05) is 121 Å². The van der Waals surface area contributed by atoms with Gasteiger partial charge < -0.3 is 44.6 Å². The Morgan fingerprint density at radius 1 is 0.507 bits per heavy atom. The van der Waals surface area contributed by atoms with Crippen LogP contribution in [-0.4, -0.2) is 58.9 Å². The Bertz CT molecular complexity index is 2220. The lowest BCUT2D eigenvalue weighted by Gasteiger charge is -2.21. The number of aryl methyl sites for hydroxylation is 4. The van der Waals surface area contributed by atoms with Gasteiger partial charge >= 0.3 is 12.2 Å². The molecule has 0 aliphatic heterocycles. The number of anilines is 4. The SMILES string of the molecule is CCc1cc(Br)cc(OC)c1Cl.CCc1cc(Br)cc(OC)c1N.CCc1cccc(OC)c1N.CCc1cccc(OC)c1NC(=O)OC(C)(C)C.COc1ccccc1NC(=O)OC(C)(C)C. The van der Waals surface area contributed by atoms with E-state index in [-0.39, 0.29) is 0 Å². The summed E-state index contributed by atoms with van der Waals surface area (Å²) in [5.74, 6) is 3.47. The Balaban J connectivity index is 0.000000437. The van der Waals surface area contributed by atoms with Crippen LogP contribution in [0.1, 0.15) is 91.5 Å². The Morgan fingerprint density at radius 3 is 1.39 bits per heavy atom. The van der Waals surface area contributed by atoms with Gasteiger partial charge in [0.1, 0.15) is 39.9 Å². The minimum atomic E-state index is -0.515. The Kier molecular flexibility index (Phi) is 27.5. The number of carbonyl (C=O) groups is 2. The molecule has 0 heterocycles. The van der Waals surface area contributed by atoms with Crippen molar-refractivity contribution < 1.29 is 42.7 Å². The first-order chi connectivity index (χ1) is 32.5. The third-order valence-electron chi connectivity index (χ3n) is 9.31. The van der Waals surface area contributed by atoms with Crippen LogP contribution in [-0.2, 0) is 35.2 Å². The van der Waals surface area contributed by atoms with Crippen LogP contribution in [0.5, 0.6) is 28.7 Å². The minimum Gasteiger partial charge on any atom is -0.495 e. The van der Waals surface area contributed by atoms with Crippen molar-refractivity contribution in [2.24, 2.45) is 0 Å². The van der Waals surface area contributed by atoms with Crippen LogP contribution in [0.3, 0.4) is 0 Å². The molecule has 0 fully saturated rings. The number of benzene rings is 5. The minimum absolute atomic E-state index is 0.471. The van der Waals surface area contributed by atoms with Gasteiger partial charge in [0.05, 0.1) is 63.3 Å². The number of hydrogen-bond acceptors (Lipinski definition) is 11. The van der Waals surface area contributed by atoms with E-state index in [9.17, 15) is 9.59 Å². The zero-order valence-electron chi connectivity index (χ0n) is 42.9. The molecule has 0 unspecified atom stereocenters. The van der Waals surface area contributed by atoms with Gasteiger partial charge in [-0.05, 0) is 138 Å². The molecule has 5 rings (SSSR count). The van der Waals surface area contributed by atoms with Gasteiger partial charge in [0.25, 0.3) is 0 Å². The van der Waals surface area contributed by atoms with Gasteiger partial charge in [-0.1, -0.05) is 108 Å². The van der Waals surface area contributed by atoms with Crippen LogP contribution in [0.2, 0.25) is 5.02 Å². The van der Waals surface area contributed by atoms with E-state index >= 15 is 0 Å². The van der Waals surface area contributed by atoms with Crippen molar-refractivity contribution in [3.63, 3.8) is 0 Å². The molecule has 6 N–H and O–H groups in total. The largest absolute Gasteiger partial charge is 0.495 e. The summed E-state index contributed by atoms with van der Waals surface area (Å²) >= 11 is 12.8. The standard InChI is InChI=1S/C14H21NO3.C12H17NO3.C9H10BrClO.C9H12BrNO.C9H13NO/c1-6-10-8-7-9-11(17-5)12(10)15-13(16)18-14(2,3)4;1-12(2,3)16-11(14)13-9-7-5-6-8-10(9)15-4;2*1-3-6-4-7(10)5-8(12-2)9(6)11;1-3-7-5-4-6-8(11-2)9(7)10/h7-9H,6H2,1-5H3,(H,15,16);5-8H,1-4H3,(H,13,14);4-5H,3H2,1-2H3;4-5H,3,11H2,1-2H3;4-6H,3,10H2,1-2H3. The van der Waals surface area contributed by atoms with E-state index in [0.29, 0.717) is 27.9 Å². The second kappa shape index (κ2) is 30.9. The van der Waals surface area contributed by atoms with Crippen molar-refractivity contribution in [1.29, 1.82) is 0 Å². The number of para-hydroxylation sites is 4. The molecule has 0 aliphatic rings. The van der Waals surface area contributed by atoms with Crippen LogP contribution < -0.4 is 45.8 Å². The zero-order chi connectivity index (χ0) is 52.5. The maximum atomic E-state index is 11.8. The number of nitrogen functional groups attached to an aromatic ring is 2. The number of carbonyl (C=O) groups excluding carboxylic acids is 2. The highest BCUT2D eigenvalue weighted by molar-refractivity contribution is 9.10. The summed E-state index contributed by atoms with van der Waals surface area (Å²) in [6.45, 7) is 19.2. The van der Waals surface area contributed by atoms with E-state index in [2.05, 4.69) is 63.3 Å². The molecule has 2 amide bonds. The number of hydrogen-bond donors (Lipinski definition) is 4. The van der Waals surface area contributed by atoms with Crippen LogP contribution in [0.4, 0.5) is 32.3 Å².